The van der Waals surface area contributed by atoms with Crippen molar-refractivity contribution in [3.63, 3.8) is 0 Å². The molecule has 2 nitrogen and oxygen atoms in total. The van der Waals surface area contributed by atoms with E-state index in [0.29, 0.717) is 6.00 Å². The van der Waals surface area contributed by atoms with Crippen LogP contribution in [0.3, 0.4) is 0 Å². The minimum atomic E-state index is 0.563. The summed E-state index contributed by atoms with van der Waals surface area (Å²) < 4.78 is 5.57. The Balaban J connectivity index is 2.13. The summed E-state index contributed by atoms with van der Waals surface area (Å²) in [7, 11) is 2.02. The van der Waals surface area contributed by atoms with Crippen molar-refractivity contribution >= 4 is 11.6 Å². The van der Waals surface area contributed by atoms with Gasteiger partial charge in [-0.2, -0.15) is 0 Å². The third kappa shape index (κ3) is 2.64. The summed E-state index contributed by atoms with van der Waals surface area (Å²) in [6.07, 6.45) is 2.26. The first kappa shape index (κ1) is 10.8. The third-order valence-electron chi connectivity index (χ3n) is 2.63. The summed E-state index contributed by atoms with van der Waals surface area (Å²) in [6, 6.07) is 6.99. The molecule has 0 aromatic heterocycles. The maximum atomic E-state index is 5.75. The molecule has 1 aromatic rings. The van der Waals surface area contributed by atoms with Crippen molar-refractivity contribution in [2.45, 2.75) is 19.4 Å². The van der Waals surface area contributed by atoms with Crippen molar-refractivity contribution in [1.82, 2.24) is 4.90 Å². The van der Waals surface area contributed by atoms with Crippen molar-refractivity contribution in [3.8, 4) is 5.75 Å². The molecule has 3 heteroatoms. The molecule has 1 aliphatic heterocycles. The number of fused-ring (bicyclic) bond motifs is 1. The third-order valence-corrected chi connectivity index (χ3v) is 3.04. The number of hydrogen-bond acceptors (Lipinski definition) is 2. The van der Waals surface area contributed by atoms with E-state index in [4.69, 9.17) is 16.3 Å². The lowest BCUT2D eigenvalue weighted by Crippen LogP contribution is -2.16. The number of ether oxygens (including phenoxy) is 1. The molecule has 0 bridgehead atoms. The highest BCUT2D eigenvalue weighted by Crippen LogP contribution is 2.25. The van der Waals surface area contributed by atoms with Crippen LogP contribution < -0.4 is 4.74 Å². The number of benzene rings is 1. The highest BCUT2D eigenvalue weighted by Gasteiger charge is 2.10. The Labute approximate surface area is 95.8 Å². The van der Waals surface area contributed by atoms with Crippen molar-refractivity contribution < 1.29 is 4.74 Å². The van der Waals surface area contributed by atoms with Crippen LogP contribution in [0.25, 0.3) is 0 Å². The van der Waals surface area contributed by atoms with Gasteiger partial charge in [-0.3, -0.25) is 4.90 Å². The van der Waals surface area contributed by atoms with Crippen LogP contribution in [0, 0.1) is 0 Å². The second-order valence-electron chi connectivity index (χ2n) is 4.03. The summed E-state index contributed by atoms with van der Waals surface area (Å²) in [5.41, 5.74) is 2.64. The van der Waals surface area contributed by atoms with Crippen LogP contribution in [0.5, 0.6) is 5.75 Å². The fraction of sp³-hybridized carbons (Fsp3) is 0.500. The Kier molecular flexibility index (Phi) is 3.49. The van der Waals surface area contributed by atoms with Crippen molar-refractivity contribution in [2.75, 3.05) is 19.7 Å². The van der Waals surface area contributed by atoms with E-state index in [-0.39, 0.29) is 0 Å². The van der Waals surface area contributed by atoms with Crippen molar-refractivity contribution in [1.29, 1.82) is 0 Å². The zero-order valence-electron chi connectivity index (χ0n) is 9.00. The minimum Gasteiger partial charge on any atom is -0.493 e. The van der Waals surface area contributed by atoms with Gasteiger partial charge < -0.3 is 4.74 Å². The first-order valence-corrected chi connectivity index (χ1v) is 5.82. The van der Waals surface area contributed by atoms with E-state index in [2.05, 4.69) is 23.1 Å². The van der Waals surface area contributed by atoms with Gasteiger partial charge in [0.2, 0.25) is 0 Å². The van der Waals surface area contributed by atoms with E-state index in [1.54, 1.807) is 0 Å². The average molecular weight is 226 g/mol. The number of halogens is 1. The summed E-state index contributed by atoms with van der Waals surface area (Å²) in [5, 5.41) is 0. The van der Waals surface area contributed by atoms with Gasteiger partial charge in [-0.1, -0.05) is 12.1 Å². The molecule has 0 radical (unpaired) electrons. The molecule has 15 heavy (non-hydrogen) atoms. The van der Waals surface area contributed by atoms with Gasteiger partial charge in [-0.05, 0) is 37.1 Å². The largest absolute Gasteiger partial charge is 0.493 e. The van der Waals surface area contributed by atoms with Crippen LogP contribution in [0.2, 0.25) is 0 Å². The molecule has 0 fully saturated rings. The fourth-order valence-electron chi connectivity index (χ4n) is 1.87. The molecule has 0 saturated carbocycles. The summed E-state index contributed by atoms with van der Waals surface area (Å²) >= 11 is 5.75. The van der Waals surface area contributed by atoms with Crippen LogP contribution in [0.4, 0.5) is 0 Å². The van der Waals surface area contributed by atoms with Crippen LogP contribution in [-0.4, -0.2) is 24.6 Å². The minimum absolute atomic E-state index is 0.563. The molecule has 1 heterocycles. The Morgan fingerprint density at radius 3 is 3.13 bits per heavy atom. The summed E-state index contributed by atoms with van der Waals surface area (Å²) in [6.45, 7) is 1.75. The number of nitrogens with zero attached hydrogens (tertiary/aromatic N) is 1. The lowest BCUT2D eigenvalue weighted by Gasteiger charge is -2.19. The predicted octanol–water partition coefficient (Wildman–Crippen LogP) is 2.64. The maximum Gasteiger partial charge on any atom is 0.122 e. The molecular weight excluding hydrogens is 210 g/mol. The number of rotatable bonds is 3. The first-order valence-electron chi connectivity index (χ1n) is 5.28. The molecule has 1 aliphatic rings. The summed E-state index contributed by atoms with van der Waals surface area (Å²) in [4.78, 5) is 2.08. The van der Waals surface area contributed by atoms with Gasteiger partial charge in [-0.15, -0.1) is 11.6 Å². The number of aryl methyl sites for hydroxylation is 1. The predicted molar refractivity (Wildman–Crippen MR) is 62.4 cm³/mol. The number of alkyl halides is 1. The second-order valence-corrected chi connectivity index (χ2v) is 4.27. The van der Waals surface area contributed by atoms with Crippen molar-refractivity contribution in [3.05, 3.63) is 29.3 Å². The highest BCUT2D eigenvalue weighted by molar-refractivity contribution is 6.17. The number of hydrogen-bond donors (Lipinski definition) is 0. The Morgan fingerprint density at radius 2 is 2.33 bits per heavy atom. The standard InChI is InChI=1S/C12H16ClNO/c1-14(9-13)8-10-4-5-12-11(7-10)3-2-6-15-12/h4-5,7H,2-3,6,8-9H2,1H3. The van der Waals surface area contributed by atoms with Crippen LogP contribution >= 0.6 is 11.6 Å². The second kappa shape index (κ2) is 4.86. The molecule has 1 aromatic carbocycles. The quantitative estimate of drug-likeness (QED) is 0.579. The van der Waals surface area contributed by atoms with Gasteiger partial charge in [-0.25, -0.2) is 0 Å². The van der Waals surface area contributed by atoms with E-state index in [1.165, 1.54) is 11.1 Å². The molecular formula is C12H16ClNO. The lowest BCUT2D eigenvalue weighted by atomic mass is 10.0. The van der Waals surface area contributed by atoms with E-state index in [1.807, 2.05) is 7.05 Å². The molecule has 82 valence electrons. The topological polar surface area (TPSA) is 12.5 Å². The van der Waals surface area contributed by atoms with Gasteiger partial charge in [0.15, 0.2) is 0 Å². The van der Waals surface area contributed by atoms with Crippen LogP contribution in [-0.2, 0) is 13.0 Å². The van der Waals surface area contributed by atoms with E-state index in [0.717, 1.165) is 31.7 Å². The van der Waals surface area contributed by atoms with Gasteiger partial charge in [0.05, 0.1) is 12.6 Å². The molecule has 0 aliphatic carbocycles. The zero-order chi connectivity index (χ0) is 10.7. The molecule has 0 atom stereocenters. The Hall–Kier alpha value is -0.730. The van der Waals surface area contributed by atoms with E-state index >= 15 is 0 Å². The Morgan fingerprint density at radius 1 is 1.47 bits per heavy atom. The SMILES string of the molecule is CN(CCl)Cc1ccc2c(c1)CCCO2. The molecule has 0 saturated heterocycles. The molecule has 0 unspecified atom stereocenters. The molecule has 0 amide bonds. The fourth-order valence-corrected chi connectivity index (χ4v) is 1.95. The van der Waals surface area contributed by atoms with Gasteiger partial charge >= 0.3 is 0 Å². The van der Waals surface area contributed by atoms with Crippen molar-refractivity contribution in [2.24, 2.45) is 0 Å². The van der Waals surface area contributed by atoms with Crippen LogP contribution in [0.1, 0.15) is 17.5 Å². The maximum absolute atomic E-state index is 5.75. The molecule has 2 rings (SSSR count). The normalized spacial score (nSPS) is 14.9. The molecule has 0 spiro atoms. The average Bonchev–Trinajstić information content (AvgIpc) is 2.29. The van der Waals surface area contributed by atoms with E-state index in [9.17, 15) is 0 Å². The van der Waals surface area contributed by atoms with E-state index < -0.39 is 0 Å². The Bertz CT molecular complexity index is 340. The zero-order valence-corrected chi connectivity index (χ0v) is 9.76. The van der Waals surface area contributed by atoms with Crippen LogP contribution in [0.15, 0.2) is 18.2 Å². The first-order chi connectivity index (χ1) is 7.29. The van der Waals surface area contributed by atoms with Gasteiger partial charge in [0, 0.05) is 6.54 Å². The van der Waals surface area contributed by atoms with Gasteiger partial charge in [0.25, 0.3) is 0 Å². The lowest BCUT2D eigenvalue weighted by molar-refractivity contribution is 0.288. The highest BCUT2D eigenvalue weighted by atomic mass is 35.5. The van der Waals surface area contributed by atoms with Gasteiger partial charge in [0.1, 0.15) is 5.75 Å². The monoisotopic (exact) mass is 225 g/mol. The molecule has 0 N–H and O–H groups in total. The summed E-state index contributed by atoms with van der Waals surface area (Å²) in [5.74, 6) is 1.05. The smallest absolute Gasteiger partial charge is 0.122 e.